The number of amides is 1. The van der Waals surface area contributed by atoms with E-state index in [4.69, 9.17) is 11.0 Å². The van der Waals surface area contributed by atoms with Gasteiger partial charge in [-0.15, -0.1) is 0 Å². The second kappa shape index (κ2) is 9.51. The van der Waals surface area contributed by atoms with Crippen molar-refractivity contribution in [1.82, 2.24) is 10.2 Å². The molecular weight excluding hydrogens is 516 g/mol. The molecule has 2 aromatic carbocycles. The Morgan fingerprint density at radius 1 is 1.15 bits per heavy atom. The normalized spacial score (nSPS) is 25.7. The molecule has 0 heterocycles. The summed E-state index contributed by atoms with van der Waals surface area (Å²) in [5.74, 6) is -6.86. The van der Waals surface area contributed by atoms with Gasteiger partial charge in [0.05, 0.1) is 11.6 Å². The Bertz CT molecular complexity index is 1570. The van der Waals surface area contributed by atoms with Crippen molar-refractivity contribution in [2.45, 2.75) is 31.0 Å². The lowest BCUT2D eigenvalue weighted by Gasteiger charge is -2.50. The Hall–Kier alpha value is -4.66. The van der Waals surface area contributed by atoms with Gasteiger partial charge in [-0.1, -0.05) is 30.3 Å². The Morgan fingerprint density at radius 3 is 2.42 bits per heavy atom. The number of aliphatic hydroxyl groups excluding tert-OH is 2. The van der Waals surface area contributed by atoms with Crippen LogP contribution in [-0.4, -0.2) is 68.5 Å². The van der Waals surface area contributed by atoms with Crippen LogP contribution in [-0.2, 0) is 27.3 Å². The summed E-state index contributed by atoms with van der Waals surface area (Å²) in [6.45, 7) is 0.357. The van der Waals surface area contributed by atoms with Crippen molar-refractivity contribution in [1.29, 1.82) is 5.26 Å². The van der Waals surface area contributed by atoms with Crippen molar-refractivity contribution in [3.8, 4) is 23.1 Å². The molecule has 3 aliphatic rings. The van der Waals surface area contributed by atoms with Crippen molar-refractivity contribution >= 4 is 23.2 Å². The molecule has 0 radical (unpaired) electrons. The Balaban J connectivity index is 1.67. The number of primary amides is 1. The maximum atomic E-state index is 13.9. The molecule has 0 aliphatic heterocycles. The van der Waals surface area contributed by atoms with Crippen LogP contribution < -0.4 is 11.1 Å². The van der Waals surface area contributed by atoms with Crippen LogP contribution >= 0.6 is 0 Å². The highest BCUT2D eigenvalue weighted by Gasteiger charge is 2.64. The Morgan fingerprint density at radius 2 is 1.82 bits per heavy atom. The zero-order valence-corrected chi connectivity index (χ0v) is 21.8. The first-order valence-corrected chi connectivity index (χ1v) is 12.6. The molecule has 1 amide bonds. The second-order valence-corrected chi connectivity index (χ2v) is 10.6. The number of hydrogen-bond donors (Lipinski definition) is 6. The largest absolute Gasteiger partial charge is 0.508 e. The van der Waals surface area contributed by atoms with E-state index in [2.05, 4.69) is 5.32 Å². The summed E-state index contributed by atoms with van der Waals surface area (Å²) in [6, 6.07) is 9.33. The van der Waals surface area contributed by atoms with Gasteiger partial charge in [0.25, 0.3) is 5.91 Å². The van der Waals surface area contributed by atoms with Gasteiger partial charge in [-0.25, -0.2) is 0 Å². The van der Waals surface area contributed by atoms with Crippen LogP contribution in [0.3, 0.4) is 0 Å². The highest BCUT2D eigenvalue weighted by molar-refractivity contribution is 6.24. The van der Waals surface area contributed by atoms with Crippen LogP contribution in [0.25, 0.3) is 16.9 Å². The predicted molar refractivity (Wildman–Crippen MR) is 142 cm³/mol. The zero-order valence-electron chi connectivity index (χ0n) is 21.8. The molecule has 0 unspecified atom stereocenters. The molecule has 0 spiro atoms. The number of fused-ring (bicyclic) bond motifs is 3. The quantitative estimate of drug-likeness (QED) is 0.181. The number of phenols is 1. The van der Waals surface area contributed by atoms with E-state index >= 15 is 0 Å². The highest BCUT2D eigenvalue weighted by Crippen LogP contribution is 2.53. The van der Waals surface area contributed by atoms with E-state index in [-0.39, 0.29) is 29.7 Å². The number of ketones is 2. The van der Waals surface area contributed by atoms with E-state index in [0.29, 0.717) is 17.7 Å². The number of hydrogen-bond acceptors (Lipinski definition) is 10. The summed E-state index contributed by atoms with van der Waals surface area (Å²) in [4.78, 5) is 40.7. The summed E-state index contributed by atoms with van der Waals surface area (Å²) < 4.78 is 0. The van der Waals surface area contributed by atoms with E-state index in [1.54, 1.807) is 20.2 Å². The first kappa shape index (κ1) is 26.9. The fourth-order valence-electron chi connectivity index (χ4n) is 6.46. The molecule has 0 bridgehead atoms. The number of likely N-dealkylation sites (N-methyl/N-ethyl adjacent to an activating group) is 1. The lowest BCUT2D eigenvalue weighted by molar-refractivity contribution is -0.153. The molecule has 206 valence electrons. The third kappa shape index (κ3) is 3.76. The fourth-order valence-corrected chi connectivity index (χ4v) is 6.46. The van der Waals surface area contributed by atoms with Gasteiger partial charge in [-0.05, 0) is 61.2 Å². The van der Waals surface area contributed by atoms with Crippen molar-refractivity contribution in [3.05, 3.63) is 70.0 Å². The van der Waals surface area contributed by atoms with Gasteiger partial charge in [0.2, 0.25) is 5.78 Å². The summed E-state index contributed by atoms with van der Waals surface area (Å²) in [5.41, 5.74) is 4.60. The van der Waals surface area contributed by atoms with Gasteiger partial charge in [-0.2, -0.15) is 5.26 Å². The number of phenolic OH excluding ortho intramolecular Hbond substituents is 1. The molecule has 0 saturated heterocycles. The lowest BCUT2D eigenvalue weighted by Crippen LogP contribution is -2.65. The second-order valence-electron chi connectivity index (χ2n) is 10.6. The standard InChI is InChI=1S/C29H28N4O7/c1-33(2)23-18-10-15-9-17-16(14-5-3-13(4-6-14)11-32-12-30)7-8-19(34)21(17)24(35)20(15)26(37)29(18,40)27(38)22(25(23)36)28(31)39/h3-8,15,18,23,32,34-35,38,40H,9-11H2,1-2H3,(H2,31,39)/t15-,18-,23-,29-/m0/s1. The molecule has 11 heteroatoms. The molecule has 2 aromatic rings. The number of nitriles is 1. The maximum Gasteiger partial charge on any atom is 0.255 e. The summed E-state index contributed by atoms with van der Waals surface area (Å²) in [6.07, 6.45) is 2.07. The zero-order chi connectivity index (χ0) is 29.1. The average Bonchev–Trinajstić information content (AvgIpc) is 2.89. The molecule has 3 aliphatic carbocycles. The number of aromatic hydroxyl groups is 1. The summed E-state index contributed by atoms with van der Waals surface area (Å²) in [7, 11) is 3.11. The monoisotopic (exact) mass is 544 g/mol. The van der Waals surface area contributed by atoms with Gasteiger partial charge in [0, 0.05) is 18.0 Å². The third-order valence-electron chi connectivity index (χ3n) is 8.24. The summed E-state index contributed by atoms with van der Waals surface area (Å²) >= 11 is 0. The molecule has 40 heavy (non-hydrogen) atoms. The van der Waals surface area contributed by atoms with Gasteiger partial charge in [-0.3, -0.25) is 19.3 Å². The number of Topliss-reactive ketones (excluding diaryl/α,β-unsaturated/α-hetero) is 2. The van der Waals surface area contributed by atoms with Crippen LogP contribution in [0.15, 0.2) is 53.3 Å². The number of aliphatic hydroxyl groups is 3. The van der Waals surface area contributed by atoms with Crippen LogP contribution in [0.5, 0.6) is 5.75 Å². The molecule has 0 aromatic heterocycles. The molecular formula is C29H28N4O7. The summed E-state index contributed by atoms with van der Waals surface area (Å²) in [5, 5.41) is 56.1. The van der Waals surface area contributed by atoms with E-state index in [1.807, 2.05) is 30.5 Å². The number of benzene rings is 2. The van der Waals surface area contributed by atoms with E-state index in [9.17, 15) is 34.8 Å². The molecule has 11 nitrogen and oxygen atoms in total. The van der Waals surface area contributed by atoms with Crippen LogP contribution in [0.2, 0.25) is 0 Å². The number of carbonyl (C=O) groups excluding carboxylic acids is 3. The minimum absolute atomic E-state index is 0.0135. The van der Waals surface area contributed by atoms with Gasteiger partial charge < -0.3 is 31.5 Å². The minimum atomic E-state index is -2.68. The molecule has 5 rings (SSSR count). The SMILES string of the molecule is CN(C)[C@@H]1C(=O)C(C(N)=O)=C(O)[C@@]2(O)C(=O)C3=C(O)c4c(O)ccc(-c5ccc(CNC#N)cc5)c4C[C@H]3C[C@@H]12. The number of nitrogens with zero attached hydrogens (tertiary/aromatic N) is 2. The number of carbonyl (C=O) groups is 3. The predicted octanol–water partition coefficient (Wildman–Crippen LogP) is 1.20. The van der Waals surface area contributed by atoms with Gasteiger partial charge in [0.15, 0.2) is 17.6 Å². The van der Waals surface area contributed by atoms with Crippen molar-refractivity contribution in [3.63, 3.8) is 0 Å². The van der Waals surface area contributed by atoms with Crippen LogP contribution in [0.4, 0.5) is 0 Å². The number of nitrogens with two attached hydrogens (primary N) is 1. The molecule has 1 fully saturated rings. The van der Waals surface area contributed by atoms with Crippen molar-refractivity contribution in [2.24, 2.45) is 17.6 Å². The third-order valence-corrected chi connectivity index (χ3v) is 8.24. The lowest BCUT2D eigenvalue weighted by atomic mass is 9.57. The van der Waals surface area contributed by atoms with E-state index in [1.165, 1.54) is 11.0 Å². The Labute approximate surface area is 229 Å². The topological polar surface area (TPSA) is 197 Å². The average molecular weight is 545 g/mol. The van der Waals surface area contributed by atoms with Crippen molar-refractivity contribution < 1.29 is 34.8 Å². The van der Waals surface area contributed by atoms with Crippen LogP contribution in [0.1, 0.15) is 23.1 Å². The Kier molecular flexibility index (Phi) is 6.40. The first-order valence-electron chi connectivity index (χ1n) is 12.6. The molecule has 7 N–H and O–H groups in total. The smallest absolute Gasteiger partial charge is 0.255 e. The van der Waals surface area contributed by atoms with E-state index < -0.39 is 58.0 Å². The molecule has 4 atom stereocenters. The maximum absolute atomic E-state index is 13.9. The number of rotatable bonds is 5. The fraction of sp³-hybridized carbons (Fsp3) is 0.310. The number of nitrogens with one attached hydrogen (secondary N) is 1. The molecule has 1 saturated carbocycles. The van der Waals surface area contributed by atoms with Crippen molar-refractivity contribution in [2.75, 3.05) is 14.1 Å². The van der Waals surface area contributed by atoms with Crippen LogP contribution in [0, 0.1) is 23.3 Å². The minimum Gasteiger partial charge on any atom is -0.508 e. The van der Waals surface area contributed by atoms with Gasteiger partial charge in [0.1, 0.15) is 22.8 Å². The highest BCUT2D eigenvalue weighted by atomic mass is 16.3. The van der Waals surface area contributed by atoms with E-state index in [0.717, 1.165) is 11.1 Å². The van der Waals surface area contributed by atoms with Gasteiger partial charge >= 0.3 is 0 Å². The first-order chi connectivity index (χ1) is 18.9.